The zero-order valence-corrected chi connectivity index (χ0v) is 18.9. The van der Waals surface area contributed by atoms with Crippen LogP contribution in [-0.2, 0) is 0 Å². The number of halogens is 2. The highest BCUT2D eigenvalue weighted by Gasteiger charge is 2.08. The average Bonchev–Trinajstić information content (AvgIpc) is 2.79. The van der Waals surface area contributed by atoms with Crippen molar-refractivity contribution in [1.82, 2.24) is 9.97 Å². The highest BCUT2D eigenvalue weighted by Crippen LogP contribution is 2.21. The molecule has 0 bridgehead atoms. The molecule has 0 N–H and O–H groups in total. The number of nitrogens with zero attached hydrogens (tertiary/aromatic N) is 2. The Hall–Kier alpha value is -2.24. The summed E-state index contributed by atoms with van der Waals surface area (Å²) in [5, 5.41) is 0. The molecule has 2 rings (SSSR count). The number of benzene rings is 1. The minimum Gasteiger partial charge on any atom is -0.493 e. The maximum atomic E-state index is 13.8. The molecular formula is C25H36F2N2O2. The molecule has 0 saturated carbocycles. The van der Waals surface area contributed by atoms with Crippen LogP contribution in [0.5, 0.6) is 11.5 Å². The van der Waals surface area contributed by atoms with Crippen LogP contribution in [0.3, 0.4) is 0 Å². The number of ether oxygens (including phenoxy) is 2. The molecule has 2 aromatic rings. The van der Waals surface area contributed by atoms with Gasteiger partial charge in [0.05, 0.1) is 25.6 Å². The lowest BCUT2D eigenvalue weighted by Gasteiger charge is -2.10. The van der Waals surface area contributed by atoms with Gasteiger partial charge in [0.1, 0.15) is 18.1 Å². The Labute approximate surface area is 185 Å². The quantitative estimate of drug-likeness (QED) is 0.264. The van der Waals surface area contributed by atoms with Crippen LogP contribution in [0, 0.1) is 0 Å². The van der Waals surface area contributed by atoms with Crippen molar-refractivity contribution in [3.63, 3.8) is 0 Å². The van der Waals surface area contributed by atoms with Crippen molar-refractivity contribution in [2.24, 2.45) is 0 Å². The van der Waals surface area contributed by atoms with Gasteiger partial charge >= 0.3 is 0 Å². The van der Waals surface area contributed by atoms with Crippen LogP contribution in [-0.4, -0.2) is 35.5 Å². The Balaban J connectivity index is 1.73. The second kappa shape index (κ2) is 14.7. The maximum Gasteiger partial charge on any atom is 0.159 e. The topological polar surface area (TPSA) is 44.2 Å². The normalized spacial score (nSPS) is 13.0. The number of hydrogen-bond acceptors (Lipinski definition) is 4. The Bertz CT molecular complexity index is 710. The number of aromatic nitrogens is 2. The summed E-state index contributed by atoms with van der Waals surface area (Å²) in [5.74, 6) is 1.81. The number of unbranched alkanes of at least 4 members (excludes halogenated alkanes) is 3. The molecule has 0 unspecified atom stereocenters. The van der Waals surface area contributed by atoms with Crippen molar-refractivity contribution in [2.45, 2.75) is 84.0 Å². The first-order valence-electron chi connectivity index (χ1n) is 11.6. The van der Waals surface area contributed by atoms with Gasteiger partial charge in [-0.1, -0.05) is 46.0 Å². The van der Waals surface area contributed by atoms with Gasteiger partial charge in [0.15, 0.2) is 11.6 Å². The van der Waals surface area contributed by atoms with Gasteiger partial charge in [-0.3, -0.25) is 0 Å². The van der Waals surface area contributed by atoms with Gasteiger partial charge in [0, 0.05) is 18.4 Å². The molecule has 0 aliphatic heterocycles. The number of rotatable bonds is 16. The van der Waals surface area contributed by atoms with Crippen LogP contribution in [0.1, 0.15) is 71.6 Å². The fraction of sp³-hybridized carbons (Fsp3) is 0.600. The lowest BCUT2D eigenvalue weighted by atomic mass is 10.1. The van der Waals surface area contributed by atoms with E-state index in [0.29, 0.717) is 56.2 Å². The van der Waals surface area contributed by atoms with Crippen LogP contribution in [0.25, 0.3) is 11.4 Å². The SMILES string of the molecule is CCCCC[C@@H](F)CCOc1cnc(-c2ccc(OCC[C@H](F)CCCC)cc2)nc1. The van der Waals surface area contributed by atoms with Crippen molar-refractivity contribution in [3.05, 3.63) is 36.7 Å². The summed E-state index contributed by atoms with van der Waals surface area (Å²) in [6.45, 7) is 4.86. The zero-order valence-electron chi connectivity index (χ0n) is 18.9. The fourth-order valence-electron chi connectivity index (χ4n) is 3.18. The molecule has 6 heteroatoms. The summed E-state index contributed by atoms with van der Waals surface area (Å²) in [7, 11) is 0. The predicted octanol–water partition coefficient (Wildman–Crippen LogP) is 7.13. The average molecular weight is 435 g/mol. The van der Waals surface area contributed by atoms with Crippen molar-refractivity contribution >= 4 is 0 Å². The lowest BCUT2D eigenvalue weighted by molar-refractivity contribution is 0.222. The highest BCUT2D eigenvalue weighted by atomic mass is 19.1. The van der Waals surface area contributed by atoms with Crippen molar-refractivity contribution in [2.75, 3.05) is 13.2 Å². The maximum absolute atomic E-state index is 13.8. The van der Waals surface area contributed by atoms with Gasteiger partial charge in [-0.05, 0) is 37.1 Å². The lowest BCUT2D eigenvalue weighted by Crippen LogP contribution is -2.08. The van der Waals surface area contributed by atoms with Gasteiger partial charge in [-0.15, -0.1) is 0 Å². The van der Waals surface area contributed by atoms with E-state index in [1.165, 1.54) is 0 Å². The summed E-state index contributed by atoms with van der Waals surface area (Å²) in [4.78, 5) is 8.66. The molecule has 0 radical (unpaired) electrons. The van der Waals surface area contributed by atoms with Gasteiger partial charge in [0.2, 0.25) is 0 Å². The molecular weight excluding hydrogens is 398 g/mol. The Kier molecular flexibility index (Phi) is 11.9. The number of alkyl halides is 2. The summed E-state index contributed by atoms with van der Waals surface area (Å²) in [5.41, 5.74) is 0.852. The van der Waals surface area contributed by atoms with Crippen LogP contribution in [0.4, 0.5) is 8.78 Å². The Morgan fingerprint density at radius 3 is 1.84 bits per heavy atom. The molecule has 172 valence electrons. The minimum atomic E-state index is -0.820. The summed E-state index contributed by atoms with van der Waals surface area (Å²) >= 11 is 0. The van der Waals surface area contributed by atoms with Crippen molar-refractivity contribution in [1.29, 1.82) is 0 Å². The molecule has 0 amide bonds. The summed E-state index contributed by atoms with van der Waals surface area (Å²) in [6, 6.07) is 7.42. The van der Waals surface area contributed by atoms with E-state index in [4.69, 9.17) is 9.47 Å². The smallest absolute Gasteiger partial charge is 0.159 e. The second-order valence-corrected chi connectivity index (χ2v) is 7.87. The van der Waals surface area contributed by atoms with Gasteiger partial charge in [-0.25, -0.2) is 18.7 Å². The van der Waals surface area contributed by atoms with E-state index in [0.717, 1.165) is 37.7 Å². The van der Waals surface area contributed by atoms with Crippen LogP contribution >= 0.6 is 0 Å². The first-order valence-corrected chi connectivity index (χ1v) is 11.6. The van der Waals surface area contributed by atoms with E-state index >= 15 is 0 Å². The molecule has 1 aromatic heterocycles. The largest absolute Gasteiger partial charge is 0.493 e. The molecule has 0 fully saturated rings. The molecule has 4 nitrogen and oxygen atoms in total. The molecule has 1 aromatic carbocycles. The van der Waals surface area contributed by atoms with Crippen LogP contribution in [0.15, 0.2) is 36.7 Å². The van der Waals surface area contributed by atoms with Crippen LogP contribution in [0.2, 0.25) is 0 Å². The zero-order chi connectivity index (χ0) is 22.3. The second-order valence-electron chi connectivity index (χ2n) is 7.87. The number of hydrogen-bond donors (Lipinski definition) is 0. The first kappa shape index (κ1) is 25.0. The Morgan fingerprint density at radius 2 is 1.26 bits per heavy atom. The van der Waals surface area contributed by atoms with Gasteiger partial charge < -0.3 is 9.47 Å². The van der Waals surface area contributed by atoms with E-state index in [9.17, 15) is 8.78 Å². The molecule has 0 aliphatic carbocycles. The van der Waals surface area contributed by atoms with Gasteiger partial charge in [-0.2, -0.15) is 0 Å². The third kappa shape index (κ3) is 10.1. The summed E-state index contributed by atoms with van der Waals surface area (Å²) in [6.07, 6.45) is 8.60. The van der Waals surface area contributed by atoms with E-state index in [1.807, 2.05) is 24.3 Å². The molecule has 1 heterocycles. The third-order valence-corrected chi connectivity index (χ3v) is 5.13. The van der Waals surface area contributed by atoms with Crippen molar-refractivity contribution in [3.8, 4) is 22.9 Å². The first-order chi connectivity index (χ1) is 15.1. The third-order valence-electron chi connectivity index (χ3n) is 5.13. The molecule has 31 heavy (non-hydrogen) atoms. The molecule has 0 spiro atoms. The standard InChI is InChI=1S/C25H36F2N2O2/c1-3-5-7-9-22(27)15-17-31-24-18-28-25(29-19-24)20-10-12-23(13-11-20)30-16-14-21(26)8-6-4-2/h10-13,18-19,21-22H,3-9,14-17H2,1-2H3/t21-,22-/m1/s1. The monoisotopic (exact) mass is 434 g/mol. The predicted molar refractivity (Wildman–Crippen MR) is 121 cm³/mol. The van der Waals surface area contributed by atoms with E-state index < -0.39 is 12.3 Å². The van der Waals surface area contributed by atoms with Crippen LogP contribution < -0.4 is 9.47 Å². The summed E-state index contributed by atoms with van der Waals surface area (Å²) < 4.78 is 38.6. The van der Waals surface area contributed by atoms with E-state index in [2.05, 4.69) is 23.8 Å². The van der Waals surface area contributed by atoms with E-state index in [-0.39, 0.29) is 0 Å². The highest BCUT2D eigenvalue weighted by molar-refractivity contribution is 5.56. The van der Waals surface area contributed by atoms with Gasteiger partial charge in [0.25, 0.3) is 0 Å². The molecule has 2 atom stereocenters. The minimum absolute atomic E-state index is 0.320. The van der Waals surface area contributed by atoms with E-state index in [1.54, 1.807) is 12.4 Å². The van der Waals surface area contributed by atoms with Crippen molar-refractivity contribution < 1.29 is 18.3 Å². The molecule has 0 saturated heterocycles. The fourth-order valence-corrected chi connectivity index (χ4v) is 3.18. The molecule has 0 aliphatic rings. The Morgan fingerprint density at radius 1 is 0.710 bits per heavy atom.